The highest BCUT2D eigenvalue weighted by Crippen LogP contribution is 2.47. The lowest BCUT2D eigenvalue weighted by molar-refractivity contribution is 0.104. The lowest BCUT2D eigenvalue weighted by atomic mass is 10.1. The third-order valence-electron chi connectivity index (χ3n) is 2.31. The summed E-state index contributed by atoms with van der Waals surface area (Å²) in [5, 5.41) is 0. The molecule has 0 aliphatic heterocycles. The highest BCUT2D eigenvalue weighted by Gasteiger charge is 2.21. The Kier molecular flexibility index (Phi) is 6.71. The normalized spacial score (nSPS) is 11.9. The third-order valence-corrected chi connectivity index (χ3v) is 4.27. The SMILES string of the molecule is CCOP(=O)(C/C=C/C(=O)c1ccccc1)OCC. The van der Waals surface area contributed by atoms with Gasteiger partial charge in [-0.3, -0.25) is 9.36 Å². The number of hydrogen-bond acceptors (Lipinski definition) is 4. The summed E-state index contributed by atoms with van der Waals surface area (Å²) in [5.74, 6) is -0.125. The van der Waals surface area contributed by atoms with Crippen molar-refractivity contribution in [2.24, 2.45) is 0 Å². The van der Waals surface area contributed by atoms with E-state index in [9.17, 15) is 9.36 Å². The van der Waals surface area contributed by atoms with Crippen LogP contribution in [0.1, 0.15) is 24.2 Å². The number of allylic oxidation sites excluding steroid dienone is 2. The van der Waals surface area contributed by atoms with Crippen molar-refractivity contribution < 1.29 is 18.4 Å². The van der Waals surface area contributed by atoms with Crippen LogP contribution >= 0.6 is 7.60 Å². The summed E-state index contributed by atoms with van der Waals surface area (Å²) in [4.78, 5) is 11.8. The zero-order valence-electron chi connectivity index (χ0n) is 11.2. The summed E-state index contributed by atoms with van der Waals surface area (Å²) in [6, 6.07) is 8.91. The van der Waals surface area contributed by atoms with Gasteiger partial charge in [-0.05, 0) is 19.9 Å². The molecule has 1 aromatic carbocycles. The number of hydrogen-bond donors (Lipinski definition) is 0. The maximum Gasteiger partial charge on any atom is 0.334 e. The van der Waals surface area contributed by atoms with E-state index in [2.05, 4.69) is 0 Å². The van der Waals surface area contributed by atoms with Crippen LogP contribution in [0.3, 0.4) is 0 Å². The molecular weight excluding hydrogens is 263 g/mol. The van der Waals surface area contributed by atoms with Crippen molar-refractivity contribution in [2.45, 2.75) is 13.8 Å². The molecule has 1 aromatic rings. The van der Waals surface area contributed by atoms with Gasteiger partial charge < -0.3 is 9.05 Å². The predicted molar refractivity (Wildman–Crippen MR) is 75.6 cm³/mol. The molecule has 0 saturated heterocycles. The van der Waals surface area contributed by atoms with Gasteiger partial charge in [0.15, 0.2) is 5.78 Å². The Morgan fingerprint density at radius 1 is 1.16 bits per heavy atom. The third kappa shape index (κ3) is 5.52. The van der Waals surface area contributed by atoms with Crippen molar-refractivity contribution in [1.29, 1.82) is 0 Å². The second-order valence-electron chi connectivity index (χ2n) is 3.76. The number of ketones is 1. The molecular formula is C14H19O4P. The number of rotatable bonds is 8. The van der Waals surface area contributed by atoms with Crippen molar-refractivity contribution in [3.63, 3.8) is 0 Å². The van der Waals surface area contributed by atoms with Gasteiger partial charge in [-0.25, -0.2) is 0 Å². The van der Waals surface area contributed by atoms with E-state index in [1.807, 2.05) is 6.07 Å². The summed E-state index contributed by atoms with van der Waals surface area (Å²) < 4.78 is 22.4. The maximum absolute atomic E-state index is 12.1. The van der Waals surface area contributed by atoms with Crippen molar-refractivity contribution in [3.8, 4) is 0 Å². The summed E-state index contributed by atoms with van der Waals surface area (Å²) in [6.45, 7) is 4.14. The molecule has 0 unspecified atom stereocenters. The van der Waals surface area contributed by atoms with Crippen LogP contribution in [0.15, 0.2) is 42.5 Å². The molecule has 1 rings (SSSR count). The number of benzene rings is 1. The molecule has 0 radical (unpaired) electrons. The van der Waals surface area contributed by atoms with Crippen LogP contribution in [0.25, 0.3) is 0 Å². The molecule has 0 fully saturated rings. The predicted octanol–water partition coefficient (Wildman–Crippen LogP) is 3.69. The lowest BCUT2D eigenvalue weighted by Gasteiger charge is -2.14. The van der Waals surface area contributed by atoms with Gasteiger partial charge in [-0.2, -0.15) is 0 Å². The summed E-state index contributed by atoms with van der Waals surface area (Å²) in [6.07, 6.45) is 3.05. The first kappa shape index (κ1) is 15.8. The van der Waals surface area contributed by atoms with E-state index >= 15 is 0 Å². The van der Waals surface area contributed by atoms with E-state index in [0.29, 0.717) is 18.8 Å². The Morgan fingerprint density at radius 3 is 2.26 bits per heavy atom. The molecule has 104 valence electrons. The highest BCUT2D eigenvalue weighted by atomic mass is 31.2. The number of carbonyl (C=O) groups is 1. The zero-order valence-corrected chi connectivity index (χ0v) is 12.1. The molecule has 0 N–H and O–H groups in total. The fourth-order valence-electron chi connectivity index (χ4n) is 1.52. The Hall–Kier alpha value is -1.22. The molecule has 5 heteroatoms. The minimum absolute atomic E-state index is 0.104. The van der Waals surface area contributed by atoms with Gasteiger partial charge >= 0.3 is 7.60 Å². The maximum atomic E-state index is 12.1. The molecule has 19 heavy (non-hydrogen) atoms. The first-order valence-electron chi connectivity index (χ1n) is 6.25. The van der Waals surface area contributed by atoms with Gasteiger partial charge in [-0.15, -0.1) is 0 Å². The van der Waals surface area contributed by atoms with Gasteiger partial charge in [0, 0.05) is 5.56 Å². The van der Waals surface area contributed by atoms with Gasteiger partial charge in [0.1, 0.15) is 0 Å². The van der Waals surface area contributed by atoms with Crippen LogP contribution in [0.4, 0.5) is 0 Å². The van der Waals surface area contributed by atoms with E-state index in [1.165, 1.54) is 6.08 Å². The van der Waals surface area contributed by atoms with E-state index in [-0.39, 0.29) is 11.9 Å². The van der Waals surface area contributed by atoms with Crippen LogP contribution < -0.4 is 0 Å². The second kappa shape index (κ2) is 8.05. The first-order chi connectivity index (χ1) is 9.11. The zero-order chi connectivity index (χ0) is 14.1. The topological polar surface area (TPSA) is 52.6 Å². The quantitative estimate of drug-likeness (QED) is 0.414. The Balaban J connectivity index is 2.61. The van der Waals surface area contributed by atoms with E-state index < -0.39 is 7.60 Å². The van der Waals surface area contributed by atoms with Crippen LogP contribution in [0.5, 0.6) is 0 Å². The minimum atomic E-state index is -3.11. The molecule has 0 spiro atoms. The fraction of sp³-hybridized carbons (Fsp3) is 0.357. The molecule has 0 heterocycles. The van der Waals surface area contributed by atoms with E-state index in [0.717, 1.165) is 0 Å². The molecule has 0 aromatic heterocycles. The van der Waals surface area contributed by atoms with Crippen LogP contribution in [-0.2, 0) is 13.6 Å². The molecule has 0 aliphatic carbocycles. The highest BCUT2D eigenvalue weighted by molar-refractivity contribution is 7.54. The molecule has 0 aliphatic rings. The molecule has 0 saturated carbocycles. The smallest absolute Gasteiger partial charge is 0.309 e. The number of carbonyl (C=O) groups excluding carboxylic acids is 1. The monoisotopic (exact) mass is 282 g/mol. The first-order valence-corrected chi connectivity index (χ1v) is 7.98. The molecule has 0 atom stereocenters. The molecule has 4 nitrogen and oxygen atoms in total. The lowest BCUT2D eigenvalue weighted by Crippen LogP contribution is -1.99. The van der Waals surface area contributed by atoms with E-state index in [1.54, 1.807) is 44.2 Å². The minimum Gasteiger partial charge on any atom is -0.309 e. The van der Waals surface area contributed by atoms with Crippen LogP contribution in [0.2, 0.25) is 0 Å². The average Bonchev–Trinajstić information content (AvgIpc) is 2.40. The molecule has 0 bridgehead atoms. The average molecular weight is 282 g/mol. The summed E-state index contributed by atoms with van der Waals surface area (Å²) >= 11 is 0. The van der Waals surface area contributed by atoms with Crippen molar-refractivity contribution in [3.05, 3.63) is 48.0 Å². The van der Waals surface area contributed by atoms with Crippen molar-refractivity contribution in [1.82, 2.24) is 0 Å². The van der Waals surface area contributed by atoms with Crippen LogP contribution in [-0.4, -0.2) is 25.2 Å². The fourth-order valence-corrected chi connectivity index (χ4v) is 2.96. The Morgan fingerprint density at radius 2 is 1.74 bits per heavy atom. The Labute approximate surface area is 114 Å². The van der Waals surface area contributed by atoms with E-state index in [4.69, 9.17) is 9.05 Å². The second-order valence-corrected chi connectivity index (χ2v) is 5.87. The standard InChI is InChI=1S/C14H19O4P/c1-3-17-19(16,18-4-2)12-8-11-14(15)13-9-6-5-7-10-13/h5-11H,3-4,12H2,1-2H3/b11-8+. The van der Waals surface area contributed by atoms with Gasteiger partial charge in [0.25, 0.3) is 0 Å². The summed E-state index contributed by atoms with van der Waals surface area (Å²) in [5.41, 5.74) is 0.599. The van der Waals surface area contributed by atoms with Gasteiger partial charge in [0.05, 0.1) is 19.4 Å². The van der Waals surface area contributed by atoms with Crippen LogP contribution in [0, 0.1) is 0 Å². The summed E-state index contributed by atoms with van der Waals surface area (Å²) in [7, 11) is -3.11. The van der Waals surface area contributed by atoms with Crippen molar-refractivity contribution in [2.75, 3.05) is 19.4 Å². The largest absolute Gasteiger partial charge is 0.334 e. The Bertz CT molecular complexity index is 458. The van der Waals surface area contributed by atoms with Crippen molar-refractivity contribution >= 4 is 13.4 Å². The van der Waals surface area contributed by atoms with Gasteiger partial charge in [-0.1, -0.05) is 36.4 Å². The van der Waals surface area contributed by atoms with Gasteiger partial charge in [0.2, 0.25) is 0 Å². The molecule has 0 amide bonds.